The van der Waals surface area contributed by atoms with Gasteiger partial charge in [0.15, 0.2) is 17.5 Å². The molecular formula is C44H26N4OS. The van der Waals surface area contributed by atoms with Crippen molar-refractivity contribution >= 4 is 53.4 Å². The third-order valence-corrected chi connectivity index (χ3v) is 10.4. The number of benzene rings is 6. The number of para-hydroxylation sites is 1. The molecule has 10 aromatic rings. The summed E-state index contributed by atoms with van der Waals surface area (Å²) in [5.74, 6) is 1.75. The van der Waals surface area contributed by atoms with Crippen LogP contribution in [0.2, 0.25) is 0 Å². The number of thiophene rings is 1. The van der Waals surface area contributed by atoms with Gasteiger partial charge in [-0.15, -0.1) is 11.3 Å². The van der Waals surface area contributed by atoms with E-state index in [0.29, 0.717) is 17.5 Å². The summed E-state index contributed by atoms with van der Waals surface area (Å²) in [4.78, 5) is 19.5. The van der Waals surface area contributed by atoms with Gasteiger partial charge in [-0.25, -0.2) is 15.0 Å². The first-order chi connectivity index (χ1) is 24.8. The number of fused-ring (bicyclic) bond motifs is 6. The monoisotopic (exact) mass is 658 g/mol. The summed E-state index contributed by atoms with van der Waals surface area (Å²) in [5.41, 5.74) is 8.63. The van der Waals surface area contributed by atoms with Gasteiger partial charge in [-0.2, -0.15) is 0 Å². The van der Waals surface area contributed by atoms with Crippen LogP contribution in [0.1, 0.15) is 0 Å². The zero-order chi connectivity index (χ0) is 33.0. The molecule has 4 heterocycles. The summed E-state index contributed by atoms with van der Waals surface area (Å²) < 4.78 is 9.27. The van der Waals surface area contributed by atoms with Crippen molar-refractivity contribution in [1.82, 2.24) is 19.9 Å². The van der Waals surface area contributed by atoms with Crippen molar-refractivity contribution in [2.45, 2.75) is 0 Å². The van der Waals surface area contributed by atoms with Gasteiger partial charge in [-0.05, 0) is 52.6 Å². The fraction of sp³-hybridized carbons (Fsp3) is 0. The Bertz CT molecular complexity index is 2860. The first-order valence-corrected chi connectivity index (χ1v) is 17.3. The molecule has 6 heteroatoms. The molecular weight excluding hydrogens is 633 g/mol. The quantitative estimate of drug-likeness (QED) is 0.184. The van der Waals surface area contributed by atoms with Crippen LogP contribution in [0.3, 0.4) is 0 Å². The highest BCUT2D eigenvalue weighted by Crippen LogP contribution is 2.46. The summed E-state index contributed by atoms with van der Waals surface area (Å²) in [5, 5.41) is 4.62. The first-order valence-electron chi connectivity index (χ1n) is 16.5. The number of hydrogen-bond donors (Lipinski definition) is 0. The van der Waals surface area contributed by atoms with Gasteiger partial charge in [-0.3, -0.25) is 4.98 Å². The van der Waals surface area contributed by atoms with Gasteiger partial charge in [0, 0.05) is 54.5 Å². The van der Waals surface area contributed by atoms with Crippen LogP contribution >= 0.6 is 11.3 Å². The minimum atomic E-state index is 0.556. The number of aromatic nitrogens is 4. The number of hydrogen-bond acceptors (Lipinski definition) is 6. The minimum absolute atomic E-state index is 0.556. The van der Waals surface area contributed by atoms with Crippen LogP contribution in [0.25, 0.3) is 98.5 Å². The van der Waals surface area contributed by atoms with E-state index in [0.717, 1.165) is 55.3 Å². The fourth-order valence-corrected chi connectivity index (χ4v) is 8.05. The van der Waals surface area contributed by atoms with E-state index in [4.69, 9.17) is 19.4 Å². The maximum absolute atomic E-state index is 6.73. The molecule has 0 aliphatic heterocycles. The van der Waals surface area contributed by atoms with Crippen molar-refractivity contribution in [2.75, 3.05) is 0 Å². The van der Waals surface area contributed by atoms with Gasteiger partial charge in [0.05, 0.1) is 5.56 Å². The molecule has 6 aromatic carbocycles. The SMILES string of the molecule is c1ccc(-c2nc(-c3ccc(-c4cccnc4)cc3)nc(-c3ccc(-c4cccc5sc6ccccc6c45)c4c3oc3ccccc34)n2)cc1. The van der Waals surface area contributed by atoms with Crippen LogP contribution in [0, 0.1) is 0 Å². The molecule has 0 N–H and O–H groups in total. The van der Waals surface area contributed by atoms with Gasteiger partial charge in [-0.1, -0.05) is 115 Å². The van der Waals surface area contributed by atoms with E-state index in [9.17, 15) is 0 Å². The van der Waals surface area contributed by atoms with Crippen molar-refractivity contribution in [3.8, 4) is 56.4 Å². The molecule has 5 nitrogen and oxygen atoms in total. The first kappa shape index (κ1) is 28.5. The second-order valence-corrected chi connectivity index (χ2v) is 13.3. The molecule has 10 rings (SSSR count). The van der Waals surface area contributed by atoms with Crippen LogP contribution in [0.5, 0.6) is 0 Å². The number of nitrogens with zero attached hydrogens (tertiary/aromatic N) is 4. The van der Waals surface area contributed by atoms with Crippen LogP contribution in [-0.4, -0.2) is 19.9 Å². The highest BCUT2D eigenvalue weighted by molar-refractivity contribution is 7.25. The Kier molecular flexibility index (Phi) is 6.60. The summed E-state index contributed by atoms with van der Waals surface area (Å²) in [6.07, 6.45) is 3.65. The highest BCUT2D eigenvalue weighted by Gasteiger charge is 2.22. The predicted molar refractivity (Wildman–Crippen MR) is 205 cm³/mol. The van der Waals surface area contributed by atoms with Crippen LogP contribution in [0.4, 0.5) is 0 Å². The largest absolute Gasteiger partial charge is 0.455 e. The summed E-state index contributed by atoms with van der Waals surface area (Å²) in [6, 6.07) is 50.1. The second-order valence-electron chi connectivity index (χ2n) is 12.2. The van der Waals surface area contributed by atoms with Gasteiger partial charge in [0.1, 0.15) is 11.2 Å². The van der Waals surface area contributed by atoms with Crippen molar-refractivity contribution in [2.24, 2.45) is 0 Å². The van der Waals surface area contributed by atoms with E-state index in [1.807, 2.05) is 66.1 Å². The molecule has 0 fully saturated rings. The van der Waals surface area contributed by atoms with Gasteiger partial charge >= 0.3 is 0 Å². The molecule has 0 atom stereocenters. The molecule has 0 aliphatic carbocycles. The highest BCUT2D eigenvalue weighted by atomic mass is 32.1. The molecule has 4 aromatic heterocycles. The molecule has 50 heavy (non-hydrogen) atoms. The van der Waals surface area contributed by atoms with Gasteiger partial charge in [0.2, 0.25) is 0 Å². The maximum atomic E-state index is 6.73. The van der Waals surface area contributed by atoms with E-state index >= 15 is 0 Å². The Morgan fingerprint density at radius 1 is 0.420 bits per heavy atom. The molecule has 0 saturated carbocycles. The van der Waals surface area contributed by atoms with Crippen molar-refractivity contribution in [3.05, 3.63) is 158 Å². The third kappa shape index (κ3) is 4.69. The Morgan fingerprint density at radius 3 is 1.88 bits per heavy atom. The Balaban J connectivity index is 1.21. The number of pyridine rings is 1. The lowest BCUT2D eigenvalue weighted by Crippen LogP contribution is -2.00. The van der Waals surface area contributed by atoms with E-state index in [1.165, 1.54) is 25.7 Å². The Hall–Kier alpha value is -6.50. The molecule has 234 valence electrons. The summed E-state index contributed by atoms with van der Waals surface area (Å²) >= 11 is 1.83. The normalized spacial score (nSPS) is 11.6. The molecule has 0 amide bonds. The molecule has 0 aliphatic rings. The average Bonchev–Trinajstić information content (AvgIpc) is 3.77. The van der Waals surface area contributed by atoms with Crippen molar-refractivity contribution in [1.29, 1.82) is 0 Å². The summed E-state index contributed by atoms with van der Waals surface area (Å²) in [7, 11) is 0. The molecule has 0 spiro atoms. The number of rotatable bonds is 5. The minimum Gasteiger partial charge on any atom is -0.455 e. The molecule has 0 saturated heterocycles. The van der Waals surface area contributed by atoms with Crippen LogP contribution in [-0.2, 0) is 0 Å². The lowest BCUT2D eigenvalue weighted by Gasteiger charge is -2.11. The van der Waals surface area contributed by atoms with Crippen LogP contribution < -0.4 is 0 Å². The van der Waals surface area contributed by atoms with E-state index < -0.39 is 0 Å². The van der Waals surface area contributed by atoms with Crippen molar-refractivity contribution in [3.63, 3.8) is 0 Å². The second kappa shape index (κ2) is 11.6. The fourth-order valence-electron chi connectivity index (χ4n) is 6.91. The van der Waals surface area contributed by atoms with Gasteiger partial charge in [0.25, 0.3) is 0 Å². The zero-order valence-electron chi connectivity index (χ0n) is 26.6. The molecule has 0 bridgehead atoms. The Morgan fingerprint density at radius 2 is 1.06 bits per heavy atom. The van der Waals surface area contributed by atoms with E-state index in [-0.39, 0.29) is 0 Å². The average molecular weight is 659 g/mol. The lowest BCUT2D eigenvalue weighted by molar-refractivity contribution is 0.669. The number of furan rings is 1. The van der Waals surface area contributed by atoms with Gasteiger partial charge < -0.3 is 4.42 Å². The van der Waals surface area contributed by atoms with Crippen LogP contribution in [0.15, 0.2) is 162 Å². The standard InChI is InChI=1S/C44H26N4OS/c1-2-10-28(11-3-1)42-46-43(29-21-19-27(20-22-29)30-12-9-25-45-26-30)48-44(47-42)35-24-23-32(40-33-13-4-6-16-36(33)49-41(35)40)31-15-8-18-38-39(31)34-14-5-7-17-37(34)50-38/h1-26H. The topological polar surface area (TPSA) is 64.7 Å². The molecule has 0 unspecified atom stereocenters. The molecule has 0 radical (unpaired) electrons. The summed E-state index contributed by atoms with van der Waals surface area (Å²) in [6.45, 7) is 0. The van der Waals surface area contributed by atoms with E-state index in [1.54, 1.807) is 6.20 Å². The smallest absolute Gasteiger partial charge is 0.167 e. The predicted octanol–water partition coefficient (Wildman–Crippen LogP) is 11.9. The van der Waals surface area contributed by atoms with E-state index in [2.05, 4.69) is 102 Å². The van der Waals surface area contributed by atoms with Crippen molar-refractivity contribution < 1.29 is 4.42 Å². The third-order valence-electron chi connectivity index (χ3n) is 9.27. The maximum Gasteiger partial charge on any atom is 0.167 e. The Labute approximate surface area is 291 Å². The lowest BCUT2D eigenvalue weighted by atomic mass is 9.94. The zero-order valence-corrected chi connectivity index (χ0v) is 27.4.